The van der Waals surface area contributed by atoms with Crippen molar-refractivity contribution in [1.82, 2.24) is 9.88 Å². The Kier molecular flexibility index (Phi) is 4.28. The van der Waals surface area contributed by atoms with E-state index in [1.165, 1.54) is 23.8 Å². The Morgan fingerprint density at radius 2 is 2.30 bits per heavy atom. The number of aromatic nitrogens is 1. The average molecular weight is 270 g/mol. The molecule has 1 aliphatic rings. The molecule has 1 aliphatic heterocycles. The third-order valence-corrected chi connectivity index (χ3v) is 4.06. The van der Waals surface area contributed by atoms with Gasteiger partial charge >= 0.3 is 0 Å². The number of hydrogen-bond donors (Lipinski definition) is 0. The molecule has 3 nitrogen and oxygen atoms in total. The zero-order chi connectivity index (χ0) is 13.8. The van der Waals surface area contributed by atoms with E-state index in [-0.39, 0.29) is 0 Å². The third kappa shape index (κ3) is 3.35. The minimum atomic E-state index is 0.762. The average Bonchev–Trinajstić information content (AvgIpc) is 2.98. The highest BCUT2D eigenvalue weighted by atomic mass is 16.5. The van der Waals surface area contributed by atoms with Crippen LogP contribution >= 0.6 is 0 Å². The second-order valence-corrected chi connectivity index (χ2v) is 5.79. The normalized spacial score (nSPS) is 19.0. The van der Waals surface area contributed by atoms with Crippen LogP contribution in [0, 0.1) is 5.92 Å². The van der Waals surface area contributed by atoms with Crippen molar-refractivity contribution in [1.29, 1.82) is 0 Å². The van der Waals surface area contributed by atoms with Gasteiger partial charge in [-0.2, -0.15) is 0 Å². The first-order valence-electron chi connectivity index (χ1n) is 7.41. The smallest absolute Gasteiger partial charge is 0.0702 e. The molecule has 20 heavy (non-hydrogen) atoms. The van der Waals surface area contributed by atoms with Gasteiger partial charge in [0.15, 0.2) is 0 Å². The summed E-state index contributed by atoms with van der Waals surface area (Å²) in [5.74, 6) is 0.762. The lowest BCUT2D eigenvalue weighted by molar-refractivity contribution is 0.180. The molecule has 0 unspecified atom stereocenters. The molecule has 0 saturated carbocycles. The topological polar surface area (TPSA) is 25.4 Å². The van der Waals surface area contributed by atoms with Crippen LogP contribution in [0.4, 0.5) is 0 Å². The Bertz CT molecular complexity index is 564. The Hall–Kier alpha value is -1.45. The van der Waals surface area contributed by atoms with Gasteiger partial charge in [0.05, 0.1) is 5.52 Å². The molecule has 0 bridgehead atoms. The molecule has 0 radical (unpaired) electrons. The van der Waals surface area contributed by atoms with E-state index >= 15 is 0 Å². The van der Waals surface area contributed by atoms with Crippen LogP contribution in [0.2, 0.25) is 0 Å². The molecule has 1 fully saturated rings. The van der Waals surface area contributed by atoms with Gasteiger partial charge in [-0.25, -0.2) is 0 Å². The standard InChI is InChI=1S/C17H22N2O/c1-19(9-6-14-7-10-20-13-14)12-15-4-5-17-16(11-15)3-2-8-18-17/h2-5,8,11,14H,6-7,9-10,12-13H2,1H3/t14-/m1/s1. The maximum atomic E-state index is 5.43. The van der Waals surface area contributed by atoms with Crippen LogP contribution in [0.1, 0.15) is 18.4 Å². The second-order valence-electron chi connectivity index (χ2n) is 5.79. The highest BCUT2D eigenvalue weighted by molar-refractivity contribution is 5.78. The molecule has 0 amide bonds. The SMILES string of the molecule is CN(CC[C@@H]1CCOC1)Cc1ccc2ncccc2c1. The highest BCUT2D eigenvalue weighted by Gasteiger charge is 2.15. The number of ether oxygens (including phenoxy) is 1. The fraction of sp³-hybridized carbons (Fsp3) is 0.471. The molecule has 2 aromatic rings. The zero-order valence-electron chi connectivity index (χ0n) is 12.1. The predicted molar refractivity (Wildman–Crippen MR) is 81.6 cm³/mol. The van der Waals surface area contributed by atoms with Crippen LogP contribution in [0.5, 0.6) is 0 Å². The van der Waals surface area contributed by atoms with E-state index in [0.29, 0.717) is 0 Å². The summed E-state index contributed by atoms with van der Waals surface area (Å²) in [7, 11) is 2.20. The molecule has 1 aromatic heterocycles. The third-order valence-electron chi connectivity index (χ3n) is 4.06. The molecule has 106 valence electrons. The van der Waals surface area contributed by atoms with E-state index in [1.54, 1.807) is 0 Å². The maximum absolute atomic E-state index is 5.43. The van der Waals surface area contributed by atoms with Crippen LogP contribution in [-0.4, -0.2) is 36.7 Å². The van der Waals surface area contributed by atoms with Crippen LogP contribution in [0.3, 0.4) is 0 Å². The Morgan fingerprint density at radius 1 is 1.35 bits per heavy atom. The molecule has 0 aliphatic carbocycles. The first-order chi connectivity index (χ1) is 9.81. The molecule has 1 aromatic carbocycles. The highest BCUT2D eigenvalue weighted by Crippen LogP contribution is 2.18. The Labute approximate surface area is 120 Å². The van der Waals surface area contributed by atoms with Gasteiger partial charge in [0.1, 0.15) is 0 Å². The summed E-state index contributed by atoms with van der Waals surface area (Å²) < 4.78 is 5.43. The van der Waals surface area contributed by atoms with Crippen molar-refractivity contribution in [3.05, 3.63) is 42.1 Å². The van der Waals surface area contributed by atoms with E-state index in [2.05, 4.69) is 41.2 Å². The van der Waals surface area contributed by atoms with Crippen molar-refractivity contribution in [2.24, 2.45) is 5.92 Å². The summed E-state index contributed by atoms with van der Waals surface area (Å²) in [5.41, 5.74) is 2.43. The summed E-state index contributed by atoms with van der Waals surface area (Å²) in [6.07, 6.45) is 4.32. The van der Waals surface area contributed by atoms with Crippen molar-refractivity contribution < 1.29 is 4.74 Å². The number of fused-ring (bicyclic) bond motifs is 1. The minimum absolute atomic E-state index is 0.762. The molecule has 1 atom stereocenters. The molecule has 0 spiro atoms. The van der Waals surface area contributed by atoms with Gasteiger partial charge in [-0.15, -0.1) is 0 Å². The monoisotopic (exact) mass is 270 g/mol. The molecule has 2 heterocycles. The number of hydrogen-bond acceptors (Lipinski definition) is 3. The molecule has 3 rings (SSSR count). The first-order valence-corrected chi connectivity index (χ1v) is 7.41. The second kappa shape index (κ2) is 6.33. The lowest BCUT2D eigenvalue weighted by Gasteiger charge is -2.18. The van der Waals surface area contributed by atoms with E-state index < -0.39 is 0 Å². The minimum Gasteiger partial charge on any atom is -0.381 e. The van der Waals surface area contributed by atoms with E-state index in [9.17, 15) is 0 Å². The Morgan fingerprint density at radius 3 is 3.15 bits per heavy atom. The van der Waals surface area contributed by atoms with E-state index in [0.717, 1.165) is 37.7 Å². The lowest BCUT2D eigenvalue weighted by Crippen LogP contribution is -2.21. The molecular weight excluding hydrogens is 248 g/mol. The van der Waals surface area contributed by atoms with Crippen molar-refractivity contribution in [2.45, 2.75) is 19.4 Å². The van der Waals surface area contributed by atoms with Gasteiger partial charge in [0, 0.05) is 31.3 Å². The summed E-state index contributed by atoms with van der Waals surface area (Å²) in [5, 5.41) is 1.22. The first kappa shape index (κ1) is 13.5. The van der Waals surface area contributed by atoms with Crippen molar-refractivity contribution in [3.63, 3.8) is 0 Å². The fourth-order valence-electron chi connectivity index (χ4n) is 2.83. The largest absolute Gasteiger partial charge is 0.381 e. The summed E-state index contributed by atoms with van der Waals surface area (Å²) in [6, 6.07) is 10.7. The van der Waals surface area contributed by atoms with Gasteiger partial charge in [0.25, 0.3) is 0 Å². The van der Waals surface area contributed by atoms with Crippen LogP contribution in [0.25, 0.3) is 10.9 Å². The fourth-order valence-corrected chi connectivity index (χ4v) is 2.83. The zero-order valence-corrected chi connectivity index (χ0v) is 12.1. The van der Waals surface area contributed by atoms with Gasteiger partial charge in [-0.1, -0.05) is 12.1 Å². The Balaban J connectivity index is 1.57. The van der Waals surface area contributed by atoms with Crippen molar-refractivity contribution in [3.8, 4) is 0 Å². The number of pyridine rings is 1. The van der Waals surface area contributed by atoms with Gasteiger partial charge in [0.2, 0.25) is 0 Å². The van der Waals surface area contributed by atoms with Crippen LogP contribution in [0.15, 0.2) is 36.5 Å². The molecule has 3 heteroatoms. The number of nitrogens with zero attached hydrogens (tertiary/aromatic N) is 2. The van der Waals surface area contributed by atoms with Crippen LogP contribution in [-0.2, 0) is 11.3 Å². The quantitative estimate of drug-likeness (QED) is 0.835. The predicted octanol–water partition coefficient (Wildman–Crippen LogP) is 3.09. The lowest BCUT2D eigenvalue weighted by atomic mass is 10.0. The van der Waals surface area contributed by atoms with Crippen LogP contribution < -0.4 is 0 Å². The van der Waals surface area contributed by atoms with Gasteiger partial charge in [-0.3, -0.25) is 4.98 Å². The molecular formula is C17H22N2O. The number of rotatable bonds is 5. The molecule has 1 saturated heterocycles. The summed E-state index contributed by atoms with van der Waals surface area (Å²) >= 11 is 0. The molecule has 0 N–H and O–H groups in total. The van der Waals surface area contributed by atoms with Crippen molar-refractivity contribution in [2.75, 3.05) is 26.8 Å². The van der Waals surface area contributed by atoms with Gasteiger partial charge < -0.3 is 9.64 Å². The summed E-state index contributed by atoms with van der Waals surface area (Å²) in [6.45, 7) is 4.04. The maximum Gasteiger partial charge on any atom is 0.0702 e. The van der Waals surface area contributed by atoms with Gasteiger partial charge in [-0.05, 0) is 56.1 Å². The van der Waals surface area contributed by atoms with E-state index in [1.807, 2.05) is 12.3 Å². The number of benzene rings is 1. The van der Waals surface area contributed by atoms with Crippen molar-refractivity contribution >= 4 is 10.9 Å². The van der Waals surface area contributed by atoms with E-state index in [4.69, 9.17) is 4.74 Å². The summed E-state index contributed by atoms with van der Waals surface area (Å²) in [4.78, 5) is 6.76.